The Morgan fingerprint density at radius 2 is 2.00 bits per heavy atom. The Bertz CT molecular complexity index is 536. The first-order valence-corrected chi connectivity index (χ1v) is 8.10. The SMILES string of the molecule is CCOCc1ccc(C(=O)OC2(C(=O)CN)CCCCC2)cn1. The Balaban J connectivity index is 2.07. The van der Waals surface area contributed by atoms with Gasteiger partial charge in [0.1, 0.15) is 0 Å². The fraction of sp³-hybridized carbons (Fsp3) is 0.588. The van der Waals surface area contributed by atoms with Crippen LogP contribution in [0.4, 0.5) is 0 Å². The summed E-state index contributed by atoms with van der Waals surface area (Å²) in [6.45, 7) is 2.80. The zero-order valence-electron chi connectivity index (χ0n) is 13.5. The summed E-state index contributed by atoms with van der Waals surface area (Å²) in [4.78, 5) is 28.8. The quantitative estimate of drug-likeness (QED) is 0.773. The lowest BCUT2D eigenvalue weighted by Gasteiger charge is -2.35. The summed E-state index contributed by atoms with van der Waals surface area (Å²) in [5.41, 5.74) is 5.52. The van der Waals surface area contributed by atoms with Gasteiger partial charge < -0.3 is 15.2 Å². The van der Waals surface area contributed by atoms with Crippen LogP contribution in [-0.2, 0) is 20.9 Å². The molecule has 1 heterocycles. The maximum absolute atomic E-state index is 12.4. The summed E-state index contributed by atoms with van der Waals surface area (Å²) < 4.78 is 10.9. The third-order valence-electron chi connectivity index (χ3n) is 4.16. The van der Waals surface area contributed by atoms with E-state index in [2.05, 4.69) is 4.98 Å². The number of nitrogens with two attached hydrogens (primary N) is 1. The molecule has 1 aliphatic carbocycles. The lowest BCUT2D eigenvalue weighted by atomic mass is 9.81. The van der Waals surface area contributed by atoms with Gasteiger partial charge in [-0.1, -0.05) is 6.42 Å². The van der Waals surface area contributed by atoms with Crippen molar-refractivity contribution >= 4 is 11.8 Å². The normalized spacial score (nSPS) is 16.8. The number of hydrogen-bond acceptors (Lipinski definition) is 6. The summed E-state index contributed by atoms with van der Waals surface area (Å²) in [6.07, 6.45) is 5.33. The second kappa shape index (κ2) is 8.17. The van der Waals surface area contributed by atoms with Gasteiger partial charge in [0.2, 0.25) is 0 Å². The largest absolute Gasteiger partial charge is 0.447 e. The number of ketones is 1. The van der Waals surface area contributed by atoms with E-state index in [1.54, 1.807) is 12.1 Å². The minimum Gasteiger partial charge on any atom is -0.447 e. The third-order valence-corrected chi connectivity index (χ3v) is 4.16. The Morgan fingerprint density at radius 3 is 2.57 bits per heavy atom. The molecule has 2 N–H and O–H groups in total. The van der Waals surface area contributed by atoms with Crippen molar-refractivity contribution in [3.63, 3.8) is 0 Å². The van der Waals surface area contributed by atoms with Crippen LogP contribution in [0.5, 0.6) is 0 Å². The zero-order valence-corrected chi connectivity index (χ0v) is 13.5. The molecule has 1 fully saturated rings. The molecular weight excluding hydrogens is 296 g/mol. The number of aromatic nitrogens is 1. The second-order valence-corrected chi connectivity index (χ2v) is 5.75. The molecule has 0 bridgehead atoms. The van der Waals surface area contributed by atoms with E-state index < -0.39 is 11.6 Å². The van der Waals surface area contributed by atoms with Crippen LogP contribution in [0.3, 0.4) is 0 Å². The minimum atomic E-state index is -1.06. The number of esters is 1. The number of Topliss-reactive ketones (excluding diaryl/α,β-unsaturated/α-hetero) is 1. The van der Waals surface area contributed by atoms with E-state index in [0.29, 0.717) is 31.6 Å². The first-order valence-electron chi connectivity index (χ1n) is 8.10. The number of rotatable bonds is 7. The highest BCUT2D eigenvalue weighted by molar-refractivity contribution is 5.95. The number of pyridine rings is 1. The van der Waals surface area contributed by atoms with Crippen LogP contribution in [-0.4, -0.2) is 35.5 Å². The molecule has 23 heavy (non-hydrogen) atoms. The van der Waals surface area contributed by atoms with E-state index in [9.17, 15) is 9.59 Å². The van der Waals surface area contributed by atoms with Crippen LogP contribution in [0.15, 0.2) is 18.3 Å². The van der Waals surface area contributed by atoms with Crippen LogP contribution in [0.25, 0.3) is 0 Å². The van der Waals surface area contributed by atoms with Gasteiger partial charge in [0.25, 0.3) is 0 Å². The Morgan fingerprint density at radius 1 is 1.26 bits per heavy atom. The summed E-state index contributed by atoms with van der Waals surface area (Å²) in [5, 5.41) is 0. The molecule has 6 heteroatoms. The van der Waals surface area contributed by atoms with Crippen molar-refractivity contribution in [2.75, 3.05) is 13.2 Å². The molecule has 0 aliphatic heterocycles. The lowest BCUT2D eigenvalue weighted by molar-refractivity contribution is -0.140. The molecule has 126 valence electrons. The molecule has 0 aromatic carbocycles. The van der Waals surface area contributed by atoms with E-state index in [1.807, 2.05) is 6.92 Å². The van der Waals surface area contributed by atoms with Crippen molar-refractivity contribution in [1.82, 2.24) is 4.98 Å². The number of carbonyl (C=O) groups is 2. The zero-order chi connectivity index (χ0) is 16.7. The van der Waals surface area contributed by atoms with Crippen molar-refractivity contribution in [2.24, 2.45) is 5.73 Å². The standard InChI is InChI=1S/C17H24N2O4/c1-2-22-12-14-7-6-13(11-19-14)16(21)23-17(15(20)10-18)8-4-3-5-9-17/h6-7,11H,2-5,8-10,12,18H2,1H3. The van der Waals surface area contributed by atoms with Crippen molar-refractivity contribution in [2.45, 2.75) is 51.2 Å². The van der Waals surface area contributed by atoms with Gasteiger partial charge >= 0.3 is 5.97 Å². The fourth-order valence-corrected chi connectivity index (χ4v) is 2.82. The molecule has 0 atom stereocenters. The van der Waals surface area contributed by atoms with Crippen LogP contribution < -0.4 is 5.73 Å². The highest BCUT2D eigenvalue weighted by Gasteiger charge is 2.42. The van der Waals surface area contributed by atoms with Gasteiger partial charge in [0, 0.05) is 12.8 Å². The number of hydrogen-bond donors (Lipinski definition) is 1. The second-order valence-electron chi connectivity index (χ2n) is 5.75. The molecule has 1 aromatic heterocycles. The molecule has 2 rings (SSSR count). The van der Waals surface area contributed by atoms with Gasteiger partial charge in [0.15, 0.2) is 11.4 Å². The van der Waals surface area contributed by atoms with Crippen LogP contribution in [0.1, 0.15) is 55.1 Å². The van der Waals surface area contributed by atoms with Crippen molar-refractivity contribution in [3.05, 3.63) is 29.6 Å². The van der Waals surface area contributed by atoms with E-state index in [-0.39, 0.29) is 12.3 Å². The molecule has 1 saturated carbocycles. The topological polar surface area (TPSA) is 91.5 Å². The average molecular weight is 320 g/mol. The fourth-order valence-electron chi connectivity index (χ4n) is 2.82. The Labute approximate surface area is 136 Å². The smallest absolute Gasteiger partial charge is 0.340 e. The third kappa shape index (κ3) is 4.36. The molecule has 0 unspecified atom stereocenters. The predicted octanol–water partition coefficient (Wildman–Crippen LogP) is 2.01. The Kier molecular flexibility index (Phi) is 6.24. The molecular formula is C17H24N2O4. The molecule has 6 nitrogen and oxygen atoms in total. The number of nitrogens with zero attached hydrogens (tertiary/aromatic N) is 1. The maximum Gasteiger partial charge on any atom is 0.340 e. The first kappa shape index (κ1) is 17.6. The summed E-state index contributed by atoms with van der Waals surface area (Å²) >= 11 is 0. The number of ether oxygens (including phenoxy) is 2. The lowest BCUT2D eigenvalue weighted by Crippen LogP contribution is -2.48. The van der Waals surface area contributed by atoms with Gasteiger partial charge in [-0.3, -0.25) is 9.78 Å². The van der Waals surface area contributed by atoms with E-state index >= 15 is 0 Å². The monoisotopic (exact) mass is 320 g/mol. The number of carbonyl (C=O) groups excluding carboxylic acids is 2. The molecule has 0 spiro atoms. The molecule has 1 aromatic rings. The van der Waals surface area contributed by atoms with Crippen molar-refractivity contribution < 1.29 is 19.1 Å². The average Bonchev–Trinajstić information content (AvgIpc) is 2.60. The predicted molar refractivity (Wildman–Crippen MR) is 84.9 cm³/mol. The van der Waals surface area contributed by atoms with Gasteiger partial charge in [-0.15, -0.1) is 0 Å². The summed E-state index contributed by atoms with van der Waals surface area (Å²) in [5.74, 6) is -0.726. The molecule has 0 amide bonds. The van der Waals surface area contributed by atoms with E-state index in [1.165, 1.54) is 6.20 Å². The first-order chi connectivity index (χ1) is 11.1. The van der Waals surface area contributed by atoms with Crippen LogP contribution >= 0.6 is 0 Å². The summed E-state index contributed by atoms with van der Waals surface area (Å²) in [7, 11) is 0. The van der Waals surface area contributed by atoms with E-state index in [0.717, 1.165) is 25.0 Å². The maximum atomic E-state index is 12.4. The van der Waals surface area contributed by atoms with Gasteiger partial charge in [-0.25, -0.2) is 4.79 Å². The summed E-state index contributed by atoms with van der Waals surface area (Å²) in [6, 6.07) is 3.37. The molecule has 1 aliphatic rings. The van der Waals surface area contributed by atoms with Gasteiger partial charge in [-0.2, -0.15) is 0 Å². The molecule has 0 saturated heterocycles. The van der Waals surface area contributed by atoms with Gasteiger partial charge in [-0.05, 0) is 44.7 Å². The van der Waals surface area contributed by atoms with Crippen LogP contribution in [0.2, 0.25) is 0 Å². The van der Waals surface area contributed by atoms with Gasteiger partial charge in [0.05, 0.1) is 24.4 Å². The Hall–Kier alpha value is -1.79. The van der Waals surface area contributed by atoms with Crippen molar-refractivity contribution in [3.8, 4) is 0 Å². The van der Waals surface area contributed by atoms with Crippen molar-refractivity contribution in [1.29, 1.82) is 0 Å². The van der Waals surface area contributed by atoms with Crippen LogP contribution in [0, 0.1) is 0 Å². The van der Waals surface area contributed by atoms with E-state index in [4.69, 9.17) is 15.2 Å². The molecule has 0 radical (unpaired) electrons. The highest BCUT2D eigenvalue weighted by atomic mass is 16.6. The highest BCUT2D eigenvalue weighted by Crippen LogP contribution is 2.33. The minimum absolute atomic E-state index is 0.112.